The summed E-state index contributed by atoms with van der Waals surface area (Å²) >= 11 is -2.35. The molecule has 64 valence electrons. The Hall–Kier alpha value is 1.19. The third kappa shape index (κ3) is 11.2. The van der Waals surface area contributed by atoms with Gasteiger partial charge in [0.05, 0.1) is 0 Å². The number of hydrogen-bond acceptors (Lipinski definition) is 2. The molecular weight excluding hydrogens is 256 g/mol. The van der Waals surface area contributed by atoms with Crippen molar-refractivity contribution >= 4 is 33.2 Å². The zero-order valence-corrected chi connectivity index (χ0v) is 12.9. The van der Waals surface area contributed by atoms with Gasteiger partial charge in [-0.05, 0) is 0 Å². The Labute approximate surface area is 81.5 Å². The van der Waals surface area contributed by atoms with E-state index in [0.29, 0.717) is 0 Å². The molecule has 11 heavy (non-hydrogen) atoms. The van der Waals surface area contributed by atoms with Crippen LogP contribution in [0.3, 0.4) is 0 Å². The summed E-state index contributed by atoms with van der Waals surface area (Å²) in [7, 11) is 0. The van der Waals surface area contributed by atoms with Crippen LogP contribution < -0.4 is 0 Å². The van der Waals surface area contributed by atoms with Crippen molar-refractivity contribution in [3.05, 3.63) is 0 Å². The van der Waals surface area contributed by atoms with Crippen molar-refractivity contribution in [1.82, 2.24) is 0 Å². The van der Waals surface area contributed by atoms with Crippen LogP contribution in [-0.2, 0) is 7.06 Å². The molecule has 0 spiro atoms. The molecule has 0 aromatic rings. The van der Waals surface area contributed by atoms with Gasteiger partial charge in [0.15, 0.2) is 0 Å². The molecule has 0 aliphatic rings. The Kier molecular flexibility index (Phi) is 8.67. The fourth-order valence-electron chi connectivity index (χ4n) is 0.697. The maximum atomic E-state index is 5.55. The van der Waals surface area contributed by atoms with Crippen LogP contribution in [0.2, 0.25) is 21.9 Å². The van der Waals surface area contributed by atoms with E-state index in [1.165, 1.54) is 0 Å². The minimum absolute atomic E-state index is 0.923. The molecule has 0 aromatic heterocycles. The van der Waals surface area contributed by atoms with Crippen molar-refractivity contribution in [2.75, 3.05) is 13.2 Å². The molecule has 0 bridgehead atoms. The molecule has 0 aliphatic carbocycles. The van der Waals surface area contributed by atoms with Crippen LogP contribution in [0.15, 0.2) is 0 Å². The zero-order chi connectivity index (χ0) is 8.69. The van der Waals surface area contributed by atoms with E-state index in [2.05, 4.69) is 21.9 Å². The molecular formula is C7H18Ga2O2. The first kappa shape index (κ1) is 12.2. The quantitative estimate of drug-likeness (QED) is 0.544. The molecule has 0 aliphatic heterocycles. The zero-order valence-electron chi connectivity index (χ0n) is 8.09. The van der Waals surface area contributed by atoms with Gasteiger partial charge in [0.25, 0.3) is 0 Å². The number of hydrogen-bond donors (Lipinski definition) is 0. The molecule has 2 nitrogen and oxygen atoms in total. The second-order valence-electron chi connectivity index (χ2n) is 3.19. The van der Waals surface area contributed by atoms with Crippen molar-refractivity contribution < 1.29 is 7.06 Å². The van der Waals surface area contributed by atoms with Gasteiger partial charge < -0.3 is 0 Å². The third-order valence-electron chi connectivity index (χ3n) is 1.19. The standard InChI is InChI=1S/C3H6O2.4CH3.2Ga/c4-2-1-3-5;;;;;;/h1-3H2;4*1H3;;/q-2;;;;;2*+1. The van der Waals surface area contributed by atoms with Crippen LogP contribution in [0.25, 0.3) is 0 Å². The summed E-state index contributed by atoms with van der Waals surface area (Å²) in [4.78, 5) is 0. The summed E-state index contributed by atoms with van der Waals surface area (Å²) in [5, 5.41) is 0. The van der Waals surface area contributed by atoms with Crippen LogP contribution in [0.5, 0.6) is 0 Å². The molecule has 0 atom stereocenters. The molecule has 0 fully saturated rings. The Morgan fingerprint density at radius 3 is 1.45 bits per heavy atom. The van der Waals surface area contributed by atoms with Gasteiger partial charge in [-0.15, -0.1) is 0 Å². The van der Waals surface area contributed by atoms with Crippen LogP contribution in [-0.4, -0.2) is 46.4 Å². The fraction of sp³-hybridized carbons (Fsp3) is 1.00. The summed E-state index contributed by atoms with van der Waals surface area (Å²) in [6.45, 7) is 1.85. The van der Waals surface area contributed by atoms with Gasteiger partial charge in [-0.1, -0.05) is 0 Å². The molecule has 0 saturated heterocycles. The van der Waals surface area contributed by atoms with E-state index in [4.69, 9.17) is 7.06 Å². The van der Waals surface area contributed by atoms with E-state index in [0.717, 1.165) is 19.6 Å². The van der Waals surface area contributed by atoms with Gasteiger partial charge in [0, 0.05) is 0 Å². The minimum atomic E-state index is -1.18. The summed E-state index contributed by atoms with van der Waals surface area (Å²) in [6, 6.07) is 0. The van der Waals surface area contributed by atoms with Gasteiger partial charge in [-0.2, -0.15) is 0 Å². The maximum absolute atomic E-state index is 5.55. The topological polar surface area (TPSA) is 18.5 Å². The predicted octanol–water partition coefficient (Wildman–Crippen LogP) is 1.91. The van der Waals surface area contributed by atoms with Gasteiger partial charge in [0.2, 0.25) is 0 Å². The van der Waals surface area contributed by atoms with Gasteiger partial charge in [-0.3, -0.25) is 0 Å². The first-order chi connectivity index (χ1) is 5.13. The Morgan fingerprint density at radius 1 is 0.818 bits per heavy atom. The molecule has 0 aromatic carbocycles. The van der Waals surface area contributed by atoms with Crippen LogP contribution in [0, 0.1) is 0 Å². The van der Waals surface area contributed by atoms with E-state index >= 15 is 0 Å². The van der Waals surface area contributed by atoms with E-state index < -0.39 is 33.2 Å². The predicted molar refractivity (Wildman–Crippen MR) is 51.5 cm³/mol. The van der Waals surface area contributed by atoms with E-state index in [9.17, 15) is 0 Å². The monoisotopic (exact) mass is 272 g/mol. The molecule has 0 unspecified atom stereocenters. The van der Waals surface area contributed by atoms with E-state index in [1.807, 2.05) is 0 Å². The second-order valence-corrected chi connectivity index (χ2v) is 13.4. The Morgan fingerprint density at radius 2 is 1.18 bits per heavy atom. The summed E-state index contributed by atoms with van der Waals surface area (Å²) in [5.41, 5.74) is 8.98. The van der Waals surface area contributed by atoms with Crippen molar-refractivity contribution in [3.63, 3.8) is 0 Å². The molecule has 0 saturated carbocycles. The van der Waals surface area contributed by atoms with Gasteiger partial charge in [0.1, 0.15) is 0 Å². The first-order valence-corrected chi connectivity index (χ1v) is 16.0. The average Bonchev–Trinajstić information content (AvgIpc) is 1.85. The van der Waals surface area contributed by atoms with Crippen molar-refractivity contribution in [3.8, 4) is 0 Å². The Bertz CT molecular complexity index is 76.5. The molecule has 0 rings (SSSR count). The third-order valence-corrected chi connectivity index (χ3v) is 4.98. The second kappa shape index (κ2) is 7.82. The van der Waals surface area contributed by atoms with Crippen molar-refractivity contribution in [2.45, 2.75) is 28.3 Å². The van der Waals surface area contributed by atoms with E-state index in [1.54, 1.807) is 0 Å². The SMILES string of the molecule is [CH3][Ga]([CH3])[O]CCC[O][Ga]([CH3])[CH3]. The molecule has 0 amide bonds. The van der Waals surface area contributed by atoms with Crippen LogP contribution in [0.4, 0.5) is 0 Å². The summed E-state index contributed by atoms with van der Waals surface area (Å²) < 4.78 is 11.1. The number of rotatable bonds is 6. The average molecular weight is 274 g/mol. The van der Waals surface area contributed by atoms with Crippen molar-refractivity contribution in [2.24, 2.45) is 0 Å². The Balaban J connectivity index is 2.91. The first-order valence-electron chi connectivity index (χ1n) is 4.36. The van der Waals surface area contributed by atoms with Crippen LogP contribution in [0.1, 0.15) is 6.42 Å². The fourth-order valence-corrected chi connectivity index (χ4v) is 3.37. The molecule has 4 heteroatoms. The summed E-state index contributed by atoms with van der Waals surface area (Å²) in [6.07, 6.45) is 1.09. The van der Waals surface area contributed by atoms with Crippen LogP contribution >= 0.6 is 0 Å². The van der Waals surface area contributed by atoms with Gasteiger partial charge in [-0.25, -0.2) is 0 Å². The van der Waals surface area contributed by atoms with Crippen molar-refractivity contribution in [1.29, 1.82) is 0 Å². The van der Waals surface area contributed by atoms with Gasteiger partial charge >= 0.3 is 81.8 Å². The molecule has 0 heterocycles. The summed E-state index contributed by atoms with van der Waals surface area (Å²) in [5.74, 6) is 0. The van der Waals surface area contributed by atoms with E-state index in [-0.39, 0.29) is 0 Å². The normalized spacial score (nSPS) is 9.82. The molecule has 0 N–H and O–H groups in total. The molecule has 0 radical (unpaired) electrons.